The van der Waals surface area contributed by atoms with Crippen LogP contribution in [-0.2, 0) is 0 Å². The molecule has 7 heteroatoms. The minimum absolute atomic E-state index is 0.448. The standard InChI is InChI=1S/C13H22N6S/c1-3-7-19(4-2)8-6-15-11-10-5-9-20-12(10)17-13(16-11)18-14/h5,9H,3-4,6-8,14H2,1-2H3,(H2,15,16,17,18). The Balaban J connectivity index is 2.03. The van der Waals surface area contributed by atoms with Crippen LogP contribution in [0.15, 0.2) is 11.4 Å². The Hall–Kier alpha value is -1.44. The highest BCUT2D eigenvalue weighted by Crippen LogP contribution is 2.25. The van der Waals surface area contributed by atoms with Crippen LogP contribution in [0.25, 0.3) is 10.2 Å². The van der Waals surface area contributed by atoms with E-state index in [0.717, 1.165) is 42.2 Å². The van der Waals surface area contributed by atoms with Crippen molar-refractivity contribution in [2.75, 3.05) is 36.9 Å². The Kier molecular flexibility index (Phi) is 5.51. The summed E-state index contributed by atoms with van der Waals surface area (Å²) in [6.07, 6.45) is 1.18. The second-order valence-corrected chi connectivity index (χ2v) is 5.44. The third-order valence-corrected chi connectivity index (χ3v) is 3.97. The smallest absolute Gasteiger partial charge is 0.240 e. The number of nitrogens with zero attached hydrogens (tertiary/aromatic N) is 3. The second-order valence-electron chi connectivity index (χ2n) is 4.54. The molecule has 2 aromatic heterocycles. The van der Waals surface area contributed by atoms with Crippen molar-refractivity contribution in [3.63, 3.8) is 0 Å². The molecule has 110 valence electrons. The van der Waals surface area contributed by atoms with Gasteiger partial charge in [0, 0.05) is 13.1 Å². The van der Waals surface area contributed by atoms with Gasteiger partial charge in [0.25, 0.3) is 0 Å². The van der Waals surface area contributed by atoms with Crippen molar-refractivity contribution in [1.29, 1.82) is 0 Å². The summed E-state index contributed by atoms with van der Waals surface area (Å²) in [5, 5.41) is 6.45. The zero-order chi connectivity index (χ0) is 14.4. The first-order valence-corrected chi connectivity index (χ1v) is 7.84. The summed E-state index contributed by atoms with van der Waals surface area (Å²) in [5.74, 6) is 6.70. The highest BCUT2D eigenvalue weighted by atomic mass is 32.1. The molecule has 6 nitrogen and oxygen atoms in total. The quantitative estimate of drug-likeness (QED) is 0.511. The maximum absolute atomic E-state index is 5.41. The first-order valence-electron chi connectivity index (χ1n) is 6.96. The van der Waals surface area contributed by atoms with E-state index < -0.39 is 0 Å². The van der Waals surface area contributed by atoms with Gasteiger partial charge in [-0.2, -0.15) is 4.98 Å². The maximum atomic E-state index is 5.41. The number of hydrogen-bond donors (Lipinski definition) is 3. The SMILES string of the molecule is CCCN(CC)CCNc1nc(NN)nc2sccc12. The van der Waals surface area contributed by atoms with E-state index in [0.29, 0.717) is 5.95 Å². The third kappa shape index (κ3) is 3.56. The zero-order valence-electron chi connectivity index (χ0n) is 12.0. The molecule has 0 aliphatic rings. The Labute approximate surface area is 123 Å². The first kappa shape index (κ1) is 15.0. The number of hydrogen-bond acceptors (Lipinski definition) is 7. The fourth-order valence-corrected chi connectivity index (χ4v) is 2.90. The van der Waals surface area contributed by atoms with Crippen LogP contribution in [0.5, 0.6) is 0 Å². The summed E-state index contributed by atoms with van der Waals surface area (Å²) in [4.78, 5) is 12.1. The third-order valence-electron chi connectivity index (χ3n) is 3.16. The van der Waals surface area contributed by atoms with Gasteiger partial charge in [0.2, 0.25) is 5.95 Å². The van der Waals surface area contributed by atoms with Crippen molar-refractivity contribution in [3.05, 3.63) is 11.4 Å². The van der Waals surface area contributed by atoms with Crippen molar-refractivity contribution in [3.8, 4) is 0 Å². The van der Waals surface area contributed by atoms with Crippen molar-refractivity contribution in [1.82, 2.24) is 14.9 Å². The van der Waals surface area contributed by atoms with Gasteiger partial charge in [-0.15, -0.1) is 11.3 Å². The number of aromatic nitrogens is 2. The van der Waals surface area contributed by atoms with Crippen molar-refractivity contribution < 1.29 is 0 Å². The van der Waals surface area contributed by atoms with Crippen LogP contribution < -0.4 is 16.6 Å². The summed E-state index contributed by atoms with van der Waals surface area (Å²) in [7, 11) is 0. The lowest BCUT2D eigenvalue weighted by Crippen LogP contribution is -2.29. The van der Waals surface area contributed by atoms with Crippen LogP contribution in [0.2, 0.25) is 0 Å². The number of hydrazine groups is 1. The van der Waals surface area contributed by atoms with E-state index in [1.54, 1.807) is 11.3 Å². The Morgan fingerprint density at radius 1 is 1.30 bits per heavy atom. The molecular formula is C13H22N6S. The van der Waals surface area contributed by atoms with Crippen molar-refractivity contribution >= 4 is 33.3 Å². The lowest BCUT2D eigenvalue weighted by atomic mass is 10.3. The minimum atomic E-state index is 0.448. The van der Waals surface area contributed by atoms with Gasteiger partial charge in [-0.25, -0.2) is 10.8 Å². The number of rotatable bonds is 8. The average molecular weight is 294 g/mol. The molecule has 0 amide bonds. The largest absolute Gasteiger partial charge is 0.368 e. The van der Waals surface area contributed by atoms with Crippen LogP contribution in [0.1, 0.15) is 20.3 Å². The van der Waals surface area contributed by atoms with Crippen LogP contribution in [0.4, 0.5) is 11.8 Å². The molecule has 0 aliphatic carbocycles. The molecule has 0 saturated carbocycles. The lowest BCUT2D eigenvalue weighted by Gasteiger charge is -2.19. The molecule has 0 fully saturated rings. The highest BCUT2D eigenvalue weighted by molar-refractivity contribution is 7.16. The Morgan fingerprint density at radius 3 is 2.85 bits per heavy atom. The average Bonchev–Trinajstić information content (AvgIpc) is 2.94. The number of thiophene rings is 1. The number of fused-ring (bicyclic) bond motifs is 1. The topological polar surface area (TPSA) is 79.1 Å². The number of likely N-dealkylation sites (N-methyl/N-ethyl adjacent to an activating group) is 1. The van der Waals surface area contributed by atoms with Gasteiger partial charge in [-0.3, -0.25) is 5.43 Å². The van der Waals surface area contributed by atoms with Crippen LogP contribution in [0, 0.1) is 0 Å². The van der Waals surface area contributed by atoms with E-state index in [2.05, 4.69) is 39.5 Å². The van der Waals surface area contributed by atoms with Gasteiger partial charge < -0.3 is 10.2 Å². The molecule has 0 saturated heterocycles. The molecule has 4 N–H and O–H groups in total. The normalized spacial score (nSPS) is 11.2. The predicted octanol–water partition coefficient (Wildman–Crippen LogP) is 2.12. The molecule has 2 rings (SSSR count). The van der Waals surface area contributed by atoms with E-state index in [4.69, 9.17) is 5.84 Å². The lowest BCUT2D eigenvalue weighted by molar-refractivity contribution is 0.300. The minimum Gasteiger partial charge on any atom is -0.368 e. The Bertz CT molecular complexity index is 541. The monoisotopic (exact) mass is 294 g/mol. The molecular weight excluding hydrogens is 272 g/mol. The van der Waals surface area contributed by atoms with Crippen LogP contribution in [-0.4, -0.2) is 41.0 Å². The summed E-state index contributed by atoms with van der Waals surface area (Å²) in [5.41, 5.74) is 2.51. The fraction of sp³-hybridized carbons (Fsp3) is 0.538. The van der Waals surface area contributed by atoms with Gasteiger partial charge in [0.1, 0.15) is 10.6 Å². The molecule has 0 radical (unpaired) electrons. The van der Waals surface area contributed by atoms with Crippen LogP contribution in [0.3, 0.4) is 0 Å². The van der Waals surface area contributed by atoms with E-state index >= 15 is 0 Å². The molecule has 2 aromatic rings. The van der Waals surface area contributed by atoms with E-state index in [9.17, 15) is 0 Å². The zero-order valence-corrected chi connectivity index (χ0v) is 12.8. The number of anilines is 2. The van der Waals surface area contributed by atoms with E-state index in [1.165, 1.54) is 6.42 Å². The van der Waals surface area contributed by atoms with E-state index in [1.807, 2.05) is 11.4 Å². The van der Waals surface area contributed by atoms with Gasteiger partial charge in [0.05, 0.1) is 5.39 Å². The first-order chi connectivity index (χ1) is 9.78. The summed E-state index contributed by atoms with van der Waals surface area (Å²) < 4.78 is 0. The molecule has 0 atom stereocenters. The molecule has 0 unspecified atom stereocenters. The molecule has 0 spiro atoms. The molecule has 2 heterocycles. The highest BCUT2D eigenvalue weighted by Gasteiger charge is 2.08. The summed E-state index contributed by atoms with van der Waals surface area (Å²) >= 11 is 1.59. The maximum Gasteiger partial charge on any atom is 0.240 e. The molecule has 0 aromatic carbocycles. The summed E-state index contributed by atoms with van der Waals surface area (Å²) in [6.45, 7) is 8.46. The van der Waals surface area contributed by atoms with Gasteiger partial charge in [0.15, 0.2) is 0 Å². The van der Waals surface area contributed by atoms with Crippen molar-refractivity contribution in [2.45, 2.75) is 20.3 Å². The second kappa shape index (κ2) is 7.37. The molecule has 0 bridgehead atoms. The van der Waals surface area contributed by atoms with Gasteiger partial charge >= 0.3 is 0 Å². The van der Waals surface area contributed by atoms with E-state index in [-0.39, 0.29) is 0 Å². The number of nitrogens with two attached hydrogens (primary N) is 1. The Morgan fingerprint density at radius 2 is 2.15 bits per heavy atom. The fourth-order valence-electron chi connectivity index (χ4n) is 2.13. The molecule has 20 heavy (non-hydrogen) atoms. The predicted molar refractivity (Wildman–Crippen MR) is 86.1 cm³/mol. The van der Waals surface area contributed by atoms with Crippen LogP contribution >= 0.6 is 11.3 Å². The number of nitrogens with one attached hydrogen (secondary N) is 2. The van der Waals surface area contributed by atoms with Gasteiger partial charge in [-0.1, -0.05) is 13.8 Å². The summed E-state index contributed by atoms with van der Waals surface area (Å²) in [6, 6.07) is 2.03. The van der Waals surface area contributed by atoms with Crippen molar-refractivity contribution in [2.24, 2.45) is 5.84 Å². The number of nitrogen functional groups attached to an aromatic ring is 1. The van der Waals surface area contributed by atoms with Gasteiger partial charge in [-0.05, 0) is 31.0 Å². The molecule has 0 aliphatic heterocycles.